The first kappa shape index (κ1) is 16.9. The minimum Gasteiger partial charge on any atom is -0.385 e. The summed E-state index contributed by atoms with van der Waals surface area (Å²) in [6, 6.07) is 0.336. The van der Waals surface area contributed by atoms with Crippen molar-refractivity contribution in [3.05, 3.63) is 0 Å². The average molecular weight is 286 g/mol. The van der Waals surface area contributed by atoms with E-state index < -0.39 is 17.7 Å². The van der Waals surface area contributed by atoms with Crippen LogP contribution in [0.15, 0.2) is 0 Å². The number of hydrogen-bond donors (Lipinski definition) is 3. The van der Waals surface area contributed by atoms with Gasteiger partial charge in [-0.15, -0.1) is 0 Å². The third-order valence-corrected chi connectivity index (χ3v) is 3.79. The second-order valence-electron chi connectivity index (χ2n) is 6.71. The number of rotatable bonds is 6. The zero-order valence-corrected chi connectivity index (χ0v) is 13.4. The van der Waals surface area contributed by atoms with E-state index in [-0.39, 0.29) is 12.5 Å². The molecular weight excluding hydrogens is 258 g/mol. The van der Waals surface area contributed by atoms with Crippen molar-refractivity contribution >= 4 is 11.9 Å². The molecule has 20 heavy (non-hydrogen) atoms. The molecule has 3 amide bonds. The predicted octanol–water partition coefficient (Wildman–Crippen LogP) is -0.621. The highest BCUT2D eigenvalue weighted by atomic mass is 16.3. The van der Waals surface area contributed by atoms with Crippen molar-refractivity contribution < 1.29 is 19.6 Å². The van der Waals surface area contributed by atoms with Gasteiger partial charge < -0.3 is 15.3 Å². The third kappa shape index (κ3) is 3.70. The Kier molecular flexibility index (Phi) is 5.15. The molecule has 116 valence electrons. The standard InChI is InChI=1S/C14H27N3O3/c1-9(2)16(10(3)4)7-11(18)8-17-12(19)14(5,6)15-13(17)20/h9-11,18H,7-8H2,1-6H3,(H,15,20)/p+1/t11-/m0/s1. The number of aliphatic hydroxyl groups excluding tert-OH is 1. The number of quaternary nitrogens is 1. The fourth-order valence-corrected chi connectivity index (χ4v) is 2.67. The zero-order valence-electron chi connectivity index (χ0n) is 13.4. The van der Waals surface area contributed by atoms with Gasteiger partial charge in [-0.1, -0.05) is 0 Å². The predicted molar refractivity (Wildman–Crippen MR) is 76.4 cm³/mol. The zero-order chi connectivity index (χ0) is 15.7. The van der Waals surface area contributed by atoms with Crippen molar-refractivity contribution in [2.45, 2.75) is 65.3 Å². The average Bonchev–Trinajstić information content (AvgIpc) is 2.47. The SMILES string of the molecule is CC(C)[NH+](C[C@H](O)CN1C(=O)NC(C)(C)C1=O)C(C)C. The number of urea groups is 1. The lowest BCUT2D eigenvalue weighted by atomic mass is 10.1. The number of aliphatic hydroxyl groups is 1. The van der Waals surface area contributed by atoms with Crippen LogP contribution in [-0.4, -0.2) is 58.8 Å². The highest BCUT2D eigenvalue weighted by Crippen LogP contribution is 2.16. The first-order valence-electron chi connectivity index (χ1n) is 7.24. The lowest BCUT2D eigenvalue weighted by molar-refractivity contribution is -0.944. The van der Waals surface area contributed by atoms with Crippen LogP contribution in [-0.2, 0) is 4.79 Å². The molecule has 1 heterocycles. The summed E-state index contributed by atoms with van der Waals surface area (Å²) in [4.78, 5) is 26.2. The summed E-state index contributed by atoms with van der Waals surface area (Å²) >= 11 is 0. The number of imide groups is 1. The fraction of sp³-hybridized carbons (Fsp3) is 0.857. The van der Waals surface area contributed by atoms with Gasteiger partial charge in [0.1, 0.15) is 18.2 Å². The van der Waals surface area contributed by atoms with Gasteiger partial charge >= 0.3 is 6.03 Å². The largest absolute Gasteiger partial charge is 0.385 e. The molecule has 0 unspecified atom stereocenters. The van der Waals surface area contributed by atoms with Crippen LogP contribution < -0.4 is 10.2 Å². The second-order valence-corrected chi connectivity index (χ2v) is 6.71. The minimum absolute atomic E-state index is 0.0526. The van der Waals surface area contributed by atoms with Crippen LogP contribution in [0.3, 0.4) is 0 Å². The van der Waals surface area contributed by atoms with Crippen LogP contribution in [0.2, 0.25) is 0 Å². The van der Waals surface area contributed by atoms with Gasteiger partial charge in [0.05, 0.1) is 18.6 Å². The Hall–Kier alpha value is -1.14. The quantitative estimate of drug-likeness (QED) is 0.570. The summed E-state index contributed by atoms with van der Waals surface area (Å²) in [5.74, 6) is -0.280. The number of carbonyl (C=O) groups excluding carboxylic acids is 2. The Bertz CT molecular complexity index is 372. The maximum atomic E-state index is 12.1. The van der Waals surface area contributed by atoms with Crippen LogP contribution >= 0.6 is 0 Å². The molecule has 0 radical (unpaired) electrons. The summed E-state index contributed by atoms with van der Waals surface area (Å²) in [6.45, 7) is 12.3. The van der Waals surface area contributed by atoms with E-state index in [1.54, 1.807) is 13.8 Å². The van der Waals surface area contributed by atoms with Crippen molar-refractivity contribution in [2.24, 2.45) is 0 Å². The van der Waals surface area contributed by atoms with Crippen molar-refractivity contribution in [1.82, 2.24) is 10.2 Å². The maximum absolute atomic E-state index is 12.1. The number of nitrogens with one attached hydrogen (secondary N) is 2. The molecule has 0 spiro atoms. The van der Waals surface area contributed by atoms with Gasteiger partial charge in [-0.2, -0.15) is 0 Å². The van der Waals surface area contributed by atoms with Gasteiger partial charge in [0.15, 0.2) is 0 Å². The topological polar surface area (TPSA) is 74.1 Å². The van der Waals surface area contributed by atoms with Crippen LogP contribution in [0.1, 0.15) is 41.5 Å². The smallest absolute Gasteiger partial charge is 0.325 e. The Morgan fingerprint density at radius 1 is 1.20 bits per heavy atom. The number of amides is 3. The van der Waals surface area contributed by atoms with E-state index in [4.69, 9.17) is 0 Å². The molecule has 1 rings (SSSR count). The van der Waals surface area contributed by atoms with Gasteiger partial charge in [-0.05, 0) is 41.5 Å². The molecule has 1 atom stereocenters. The van der Waals surface area contributed by atoms with E-state index in [2.05, 4.69) is 33.0 Å². The Labute approximate surface area is 121 Å². The van der Waals surface area contributed by atoms with Gasteiger partial charge in [0.25, 0.3) is 5.91 Å². The van der Waals surface area contributed by atoms with Crippen molar-refractivity contribution in [1.29, 1.82) is 0 Å². The van der Waals surface area contributed by atoms with E-state index in [1.165, 1.54) is 4.90 Å². The minimum atomic E-state index is -0.876. The third-order valence-electron chi connectivity index (χ3n) is 3.79. The summed E-state index contributed by atoms with van der Waals surface area (Å²) in [5.41, 5.74) is -0.876. The molecule has 1 saturated heterocycles. The lowest BCUT2D eigenvalue weighted by Crippen LogP contribution is -3.18. The highest BCUT2D eigenvalue weighted by molar-refractivity contribution is 6.06. The summed E-state index contributed by atoms with van der Waals surface area (Å²) in [7, 11) is 0. The van der Waals surface area contributed by atoms with Crippen LogP contribution in [0.5, 0.6) is 0 Å². The van der Waals surface area contributed by atoms with E-state index >= 15 is 0 Å². The molecule has 1 aliphatic heterocycles. The van der Waals surface area contributed by atoms with E-state index in [0.717, 1.165) is 4.90 Å². The number of nitrogens with zero attached hydrogens (tertiary/aromatic N) is 1. The van der Waals surface area contributed by atoms with Crippen LogP contribution in [0, 0.1) is 0 Å². The molecule has 6 heteroatoms. The molecule has 0 aromatic rings. The number of carbonyl (C=O) groups is 2. The van der Waals surface area contributed by atoms with Crippen molar-refractivity contribution in [3.8, 4) is 0 Å². The van der Waals surface area contributed by atoms with Crippen LogP contribution in [0.25, 0.3) is 0 Å². The van der Waals surface area contributed by atoms with Gasteiger partial charge in [0, 0.05) is 0 Å². The second kappa shape index (κ2) is 6.10. The summed E-state index contributed by atoms with van der Waals surface area (Å²) in [6.07, 6.45) is -0.710. The molecule has 0 aromatic carbocycles. The Morgan fingerprint density at radius 2 is 1.70 bits per heavy atom. The van der Waals surface area contributed by atoms with Gasteiger partial charge in [-0.3, -0.25) is 9.69 Å². The van der Waals surface area contributed by atoms with Gasteiger partial charge in [-0.25, -0.2) is 4.79 Å². The Balaban J connectivity index is 2.65. The molecule has 0 aromatic heterocycles. The molecule has 6 nitrogen and oxygen atoms in total. The molecule has 1 aliphatic rings. The number of hydrogen-bond acceptors (Lipinski definition) is 3. The van der Waals surface area contributed by atoms with E-state index in [0.29, 0.717) is 18.6 Å². The lowest BCUT2D eigenvalue weighted by Gasteiger charge is -2.30. The first-order chi connectivity index (χ1) is 9.06. The number of β-amino-alcohol motifs (C(OH)–C–C–N with tert-alkyl or cyclic N) is 1. The highest BCUT2D eigenvalue weighted by Gasteiger charge is 2.45. The molecule has 1 fully saturated rings. The first-order valence-corrected chi connectivity index (χ1v) is 7.24. The Morgan fingerprint density at radius 3 is 2.05 bits per heavy atom. The van der Waals surface area contributed by atoms with Crippen molar-refractivity contribution in [2.75, 3.05) is 13.1 Å². The molecule has 0 bridgehead atoms. The maximum Gasteiger partial charge on any atom is 0.325 e. The molecular formula is C14H28N3O3+. The fourth-order valence-electron chi connectivity index (χ4n) is 2.67. The molecule has 0 saturated carbocycles. The van der Waals surface area contributed by atoms with E-state index in [9.17, 15) is 14.7 Å². The van der Waals surface area contributed by atoms with Crippen molar-refractivity contribution in [3.63, 3.8) is 0 Å². The van der Waals surface area contributed by atoms with Gasteiger partial charge in [0.2, 0.25) is 0 Å². The normalized spacial score (nSPS) is 20.2. The monoisotopic (exact) mass is 286 g/mol. The van der Waals surface area contributed by atoms with E-state index in [1.807, 2.05) is 0 Å². The summed E-state index contributed by atoms with van der Waals surface area (Å²) in [5, 5.41) is 12.8. The summed E-state index contributed by atoms with van der Waals surface area (Å²) < 4.78 is 0. The molecule has 0 aliphatic carbocycles. The van der Waals surface area contributed by atoms with Crippen LogP contribution in [0.4, 0.5) is 4.79 Å². The molecule has 3 N–H and O–H groups in total.